The van der Waals surface area contributed by atoms with Gasteiger partial charge in [-0.25, -0.2) is 0 Å². The first-order valence-corrected chi connectivity index (χ1v) is 7.37. The Kier molecular flexibility index (Phi) is 5.49. The largest absolute Gasteiger partial charge is 0.355 e. The van der Waals surface area contributed by atoms with Crippen molar-refractivity contribution >= 4 is 29.1 Å². The second-order valence-corrected chi connectivity index (χ2v) is 5.62. The summed E-state index contributed by atoms with van der Waals surface area (Å²) >= 11 is 11.9. The van der Waals surface area contributed by atoms with E-state index in [0.717, 1.165) is 37.8 Å². The summed E-state index contributed by atoms with van der Waals surface area (Å²) in [5, 5.41) is 7.48. The molecule has 0 aromatic heterocycles. The van der Waals surface area contributed by atoms with Crippen molar-refractivity contribution in [2.75, 3.05) is 13.1 Å². The monoisotopic (exact) mass is 300 g/mol. The third kappa shape index (κ3) is 4.37. The van der Waals surface area contributed by atoms with E-state index in [4.69, 9.17) is 23.2 Å². The molecular formula is C14H18Cl2N2O. The number of hydrogen-bond donors (Lipinski definition) is 2. The molecule has 5 heteroatoms. The lowest BCUT2D eigenvalue weighted by Crippen LogP contribution is -2.40. The van der Waals surface area contributed by atoms with Crippen LogP contribution in [0.2, 0.25) is 10.0 Å². The molecule has 2 N–H and O–H groups in total. The lowest BCUT2D eigenvalue weighted by atomic mass is 10.1. The highest BCUT2D eigenvalue weighted by atomic mass is 35.5. The highest BCUT2D eigenvalue weighted by Gasteiger charge is 2.21. The predicted octanol–water partition coefficient (Wildman–Crippen LogP) is 2.79. The van der Waals surface area contributed by atoms with Crippen LogP contribution in [-0.2, 0) is 11.2 Å². The minimum atomic E-state index is -0.000815. The molecule has 1 heterocycles. The molecule has 1 amide bonds. The molecule has 0 aliphatic carbocycles. The fraction of sp³-hybridized carbons (Fsp3) is 0.500. The molecule has 1 saturated heterocycles. The van der Waals surface area contributed by atoms with Gasteiger partial charge in [0, 0.05) is 16.6 Å². The first kappa shape index (κ1) is 14.6. The Hall–Kier alpha value is -0.770. The van der Waals surface area contributed by atoms with E-state index in [1.807, 2.05) is 12.1 Å². The zero-order chi connectivity index (χ0) is 13.7. The number of benzene rings is 1. The van der Waals surface area contributed by atoms with Crippen LogP contribution in [0.3, 0.4) is 0 Å². The van der Waals surface area contributed by atoms with Gasteiger partial charge < -0.3 is 10.6 Å². The van der Waals surface area contributed by atoms with Crippen molar-refractivity contribution in [3.8, 4) is 0 Å². The van der Waals surface area contributed by atoms with Gasteiger partial charge in [-0.1, -0.05) is 29.3 Å². The molecule has 0 bridgehead atoms. The summed E-state index contributed by atoms with van der Waals surface area (Å²) in [7, 11) is 0. The maximum absolute atomic E-state index is 11.8. The maximum Gasteiger partial charge on any atom is 0.237 e. The molecule has 104 valence electrons. The number of aryl methyl sites for hydroxylation is 1. The molecule has 2 rings (SSSR count). The third-order valence-electron chi connectivity index (χ3n) is 3.31. The molecule has 1 fully saturated rings. The van der Waals surface area contributed by atoms with E-state index in [9.17, 15) is 4.79 Å². The van der Waals surface area contributed by atoms with Gasteiger partial charge in [-0.15, -0.1) is 0 Å². The summed E-state index contributed by atoms with van der Waals surface area (Å²) in [6.07, 6.45) is 3.74. The van der Waals surface area contributed by atoms with Gasteiger partial charge in [-0.2, -0.15) is 0 Å². The van der Waals surface area contributed by atoms with Crippen molar-refractivity contribution in [3.05, 3.63) is 33.8 Å². The molecular weight excluding hydrogens is 283 g/mol. The van der Waals surface area contributed by atoms with E-state index < -0.39 is 0 Å². The average molecular weight is 301 g/mol. The van der Waals surface area contributed by atoms with E-state index in [-0.39, 0.29) is 11.9 Å². The maximum atomic E-state index is 11.8. The zero-order valence-electron chi connectivity index (χ0n) is 10.7. The van der Waals surface area contributed by atoms with Crippen LogP contribution in [0.25, 0.3) is 0 Å². The van der Waals surface area contributed by atoms with Gasteiger partial charge >= 0.3 is 0 Å². The fourth-order valence-electron chi connectivity index (χ4n) is 2.25. The number of amides is 1. The summed E-state index contributed by atoms with van der Waals surface area (Å²) in [4.78, 5) is 11.8. The molecule has 1 aromatic carbocycles. The first-order valence-electron chi connectivity index (χ1n) is 6.62. The predicted molar refractivity (Wildman–Crippen MR) is 78.8 cm³/mol. The van der Waals surface area contributed by atoms with Gasteiger partial charge in [-0.3, -0.25) is 4.79 Å². The van der Waals surface area contributed by atoms with E-state index in [1.54, 1.807) is 6.07 Å². The van der Waals surface area contributed by atoms with Gasteiger partial charge in [0.1, 0.15) is 0 Å². The van der Waals surface area contributed by atoms with Gasteiger partial charge in [0.25, 0.3) is 0 Å². The summed E-state index contributed by atoms with van der Waals surface area (Å²) in [5.74, 6) is 0.111. The van der Waals surface area contributed by atoms with Crippen molar-refractivity contribution in [3.63, 3.8) is 0 Å². The number of nitrogens with one attached hydrogen (secondary N) is 2. The van der Waals surface area contributed by atoms with Gasteiger partial charge in [-0.05, 0) is 49.9 Å². The molecule has 1 atom stereocenters. The molecule has 19 heavy (non-hydrogen) atoms. The van der Waals surface area contributed by atoms with Crippen molar-refractivity contribution < 1.29 is 4.79 Å². The Morgan fingerprint density at radius 3 is 2.95 bits per heavy atom. The molecule has 0 spiro atoms. The van der Waals surface area contributed by atoms with Crippen molar-refractivity contribution in [1.82, 2.24) is 10.6 Å². The Labute approximate surface area is 123 Å². The first-order chi connectivity index (χ1) is 9.16. The zero-order valence-corrected chi connectivity index (χ0v) is 12.2. The van der Waals surface area contributed by atoms with Gasteiger partial charge in [0.15, 0.2) is 0 Å². The van der Waals surface area contributed by atoms with Crippen LogP contribution >= 0.6 is 23.2 Å². The van der Waals surface area contributed by atoms with Crippen molar-refractivity contribution in [2.45, 2.75) is 31.7 Å². The summed E-state index contributed by atoms with van der Waals surface area (Å²) < 4.78 is 0. The lowest BCUT2D eigenvalue weighted by Gasteiger charge is -2.11. The van der Waals surface area contributed by atoms with Crippen LogP contribution in [-0.4, -0.2) is 25.0 Å². The van der Waals surface area contributed by atoms with E-state index >= 15 is 0 Å². The van der Waals surface area contributed by atoms with Crippen LogP contribution in [0.4, 0.5) is 0 Å². The molecule has 1 aliphatic heterocycles. The third-order valence-corrected chi connectivity index (χ3v) is 3.90. The molecule has 0 saturated carbocycles. The SMILES string of the molecule is O=C(NCCCc1ccc(Cl)cc1Cl)C1CCCN1. The highest BCUT2D eigenvalue weighted by Crippen LogP contribution is 2.21. The fourth-order valence-corrected chi connectivity index (χ4v) is 2.75. The Balaban J connectivity index is 1.70. The lowest BCUT2D eigenvalue weighted by molar-refractivity contribution is -0.122. The number of carbonyl (C=O) groups is 1. The topological polar surface area (TPSA) is 41.1 Å². The Morgan fingerprint density at radius 1 is 1.42 bits per heavy atom. The number of hydrogen-bond acceptors (Lipinski definition) is 2. The Morgan fingerprint density at radius 2 is 2.26 bits per heavy atom. The van der Waals surface area contributed by atoms with Crippen LogP contribution in [0.5, 0.6) is 0 Å². The minimum absolute atomic E-state index is 0.000815. The molecule has 1 unspecified atom stereocenters. The molecule has 1 aliphatic rings. The van der Waals surface area contributed by atoms with Crippen LogP contribution in [0, 0.1) is 0 Å². The summed E-state index contributed by atoms with van der Waals surface area (Å²) in [5.41, 5.74) is 1.07. The van der Waals surface area contributed by atoms with Crippen molar-refractivity contribution in [1.29, 1.82) is 0 Å². The normalized spacial score (nSPS) is 18.5. The molecule has 1 aromatic rings. The second kappa shape index (κ2) is 7.13. The molecule has 0 radical (unpaired) electrons. The minimum Gasteiger partial charge on any atom is -0.355 e. The summed E-state index contributed by atoms with van der Waals surface area (Å²) in [6, 6.07) is 5.52. The number of halogens is 2. The van der Waals surface area contributed by atoms with Gasteiger partial charge in [0.2, 0.25) is 5.91 Å². The quantitative estimate of drug-likeness (QED) is 0.821. The van der Waals surface area contributed by atoms with E-state index in [2.05, 4.69) is 10.6 Å². The average Bonchev–Trinajstić information content (AvgIpc) is 2.90. The van der Waals surface area contributed by atoms with Crippen molar-refractivity contribution in [2.24, 2.45) is 0 Å². The number of rotatable bonds is 5. The van der Waals surface area contributed by atoms with Gasteiger partial charge in [0.05, 0.1) is 6.04 Å². The number of carbonyl (C=O) groups excluding carboxylic acids is 1. The van der Waals surface area contributed by atoms with Crippen LogP contribution in [0.15, 0.2) is 18.2 Å². The van der Waals surface area contributed by atoms with E-state index in [1.165, 1.54) is 0 Å². The smallest absolute Gasteiger partial charge is 0.237 e. The standard InChI is InChI=1S/C14H18Cl2N2O/c15-11-6-5-10(12(16)9-11)3-1-8-18-14(19)13-4-2-7-17-13/h5-6,9,13,17H,1-4,7-8H2,(H,18,19). The van der Waals surface area contributed by atoms with E-state index in [0.29, 0.717) is 16.6 Å². The highest BCUT2D eigenvalue weighted by molar-refractivity contribution is 6.35. The molecule has 3 nitrogen and oxygen atoms in total. The van der Waals surface area contributed by atoms with Crippen LogP contribution < -0.4 is 10.6 Å². The Bertz CT molecular complexity index is 445. The second-order valence-electron chi connectivity index (χ2n) is 4.78. The summed E-state index contributed by atoms with van der Waals surface area (Å²) in [6.45, 7) is 1.62. The van der Waals surface area contributed by atoms with Crippen LogP contribution in [0.1, 0.15) is 24.8 Å².